The Labute approximate surface area is 68.7 Å². The second-order valence-electron chi connectivity index (χ2n) is 2.33. The Morgan fingerprint density at radius 3 is 3.10 bits per heavy atom. The molecule has 0 heterocycles. The predicted octanol–water partition coefficient (Wildman–Crippen LogP) is 2.82. The maximum atomic E-state index is 3.49. The van der Waals surface area contributed by atoms with Crippen LogP contribution in [0, 0.1) is 6.08 Å². The van der Waals surface area contributed by atoms with Gasteiger partial charge >= 0.3 is 0 Å². The van der Waals surface area contributed by atoms with Crippen molar-refractivity contribution in [2.24, 2.45) is 0 Å². The minimum atomic E-state index is 0.955. The number of halogens is 1. The van der Waals surface area contributed by atoms with E-state index < -0.39 is 0 Å². The topological polar surface area (TPSA) is 0 Å². The smallest absolute Gasteiger partial charge is 0.0484 e. The van der Waals surface area contributed by atoms with E-state index in [-0.39, 0.29) is 0 Å². The maximum absolute atomic E-state index is 3.49. The van der Waals surface area contributed by atoms with E-state index in [4.69, 9.17) is 0 Å². The zero-order valence-electron chi connectivity index (χ0n) is 5.39. The van der Waals surface area contributed by atoms with Crippen molar-refractivity contribution in [3.8, 4) is 0 Å². The number of hydrogen-bond donors (Lipinski definition) is 0. The predicted molar refractivity (Wildman–Crippen MR) is 45.6 cm³/mol. The van der Waals surface area contributed by atoms with Crippen molar-refractivity contribution in [2.75, 3.05) is 0 Å². The van der Waals surface area contributed by atoms with Crippen molar-refractivity contribution >= 4 is 22.0 Å². The van der Waals surface area contributed by atoms with Crippen LogP contribution in [-0.4, -0.2) is 0 Å². The van der Waals surface area contributed by atoms with E-state index >= 15 is 0 Å². The molecule has 0 nitrogen and oxygen atoms in total. The van der Waals surface area contributed by atoms with Crippen LogP contribution in [0.25, 0.3) is 6.08 Å². The van der Waals surface area contributed by atoms with Crippen LogP contribution < -0.4 is 0 Å². The summed E-state index contributed by atoms with van der Waals surface area (Å²) in [4.78, 5) is 0. The molecular weight excluding hydrogens is 188 g/mol. The Morgan fingerprint density at radius 1 is 1.40 bits per heavy atom. The van der Waals surface area contributed by atoms with Crippen molar-refractivity contribution in [1.82, 2.24) is 0 Å². The molecule has 0 unspecified atom stereocenters. The summed E-state index contributed by atoms with van der Waals surface area (Å²) in [6.07, 6.45) is 6.17. The van der Waals surface area contributed by atoms with Gasteiger partial charge in [-0.3, -0.25) is 0 Å². The van der Waals surface area contributed by atoms with E-state index in [1.54, 1.807) is 0 Å². The van der Waals surface area contributed by atoms with Gasteiger partial charge in [-0.05, 0) is 28.1 Å². The lowest BCUT2D eigenvalue weighted by molar-refractivity contribution is 1.26. The van der Waals surface area contributed by atoms with Gasteiger partial charge in [-0.1, -0.05) is 0 Å². The molecule has 0 saturated heterocycles. The molecule has 2 rings (SSSR count). The Bertz CT molecular complexity index is 287. The van der Waals surface area contributed by atoms with Gasteiger partial charge in [0.2, 0.25) is 0 Å². The summed E-state index contributed by atoms with van der Waals surface area (Å²) >= 11 is 3.49. The summed E-state index contributed by atoms with van der Waals surface area (Å²) < 4.78 is 1.20. The summed E-state index contributed by atoms with van der Waals surface area (Å²) in [5.74, 6) is 0. The number of benzene rings is 1. The molecule has 0 saturated carbocycles. The second-order valence-corrected chi connectivity index (χ2v) is 3.19. The summed E-state index contributed by atoms with van der Waals surface area (Å²) in [5.41, 5.74) is 2.66. The standard InChI is InChI=1S/C9H6Br/c10-9-6-2-4-7-3-1-5-8(7)9/h2-4,6H,5H2/q+1. The Kier molecular flexibility index (Phi) is 1.33. The fourth-order valence-corrected chi connectivity index (χ4v) is 1.68. The van der Waals surface area contributed by atoms with Gasteiger partial charge in [0, 0.05) is 10.5 Å². The third-order valence-corrected chi connectivity index (χ3v) is 2.43. The zero-order valence-corrected chi connectivity index (χ0v) is 6.98. The number of rotatable bonds is 0. The van der Waals surface area contributed by atoms with Crippen LogP contribution in [0.4, 0.5) is 0 Å². The minimum absolute atomic E-state index is 0.955. The molecule has 1 heteroatoms. The normalized spacial score (nSPS) is 12.9. The molecule has 0 amide bonds. The molecule has 0 aliphatic heterocycles. The molecule has 1 aromatic carbocycles. The molecule has 0 aromatic heterocycles. The van der Waals surface area contributed by atoms with Crippen molar-refractivity contribution in [1.29, 1.82) is 0 Å². The molecule has 1 aromatic rings. The Morgan fingerprint density at radius 2 is 2.30 bits per heavy atom. The summed E-state index contributed by atoms with van der Waals surface area (Å²) in [6.45, 7) is 0. The molecule has 48 valence electrons. The zero-order chi connectivity index (χ0) is 6.97. The molecule has 0 N–H and O–H groups in total. The number of hydrogen-bond acceptors (Lipinski definition) is 0. The Hall–Kier alpha value is -0.650. The minimum Gasteiger partial charge on any atom is -0.0484 e. The fourth-order valence-electron chi connectivity index (χ4n) is 1.16. The third kappa shape index (κ3) is 0.792. The highest BCUT2D eigenvalue weighted by Crippen LogP contribution is 2.26. The second kappa shape index (κ2) is 2.19. The van der Waals surface area contributed by atoms with Crippen LogP contribution in [0.3, 0.4) is 0 Å². The third-order valence-electron chi connectivity index (χ3n) is 1.69. The first kappa shape index (κ1) is 6.09. The van der Waals surface area contributed by atoms with Crippen LogP contribution in [-0.2, 0) is 6.42 Å². The first-order valence-electron chi connectivity index (χ1n) is 3.22. The molecule has 0 atom stereocenters. The highest BCUT2D eigenvalue weighted by atomic mass is 79.9. The summed E-state index contributed by atoms with van der Waals surface area (Å²) in [5, 5.41) is 0. The van der Waals surface area contributed by atoms with Crippen LogP contribution in [0.5, 0.6) is 0 Å². The van der Waals surface area contributed by atoms with Crippen molar-refractivity contribution in [3.63, 3.8) is 0 Å². The Balaban J connectivity index is 2.66. The van der Waals surface area contributed by atoms with E-state index in [1.807, 2.05) is 12.1 Å². The largest absolute Gasteiger partial charge is 0.163 e. The molecule has 1 aliphatic carbocycles. The SMILES string of the molecule is Brc1cccc2c1C[C+]=C2. The lowest BCUT2D eigenvalue weighted by Gasteiger charge is -1.90. The summed E-state index contributed by atoms with van der Waals surface area (Å²) in [7, 11) is 0. The van der Waals surface area contributed by atoms with Gasteiger partial charge < -0.3 is 0 Å². The molecule has 0 radical (unpaired) electrons. The van der Waals surface area contributed by atoms with E-state index in [9.17, 15) is 0 Å². The first-order valence-corrected chi connectivity index (χ1v) is 4.01. The van der Waals surface area contributed by atoms with Crippen LogP contribution in [0.1, 0.15) is 11.1 Å². The average molecular weight is 194 g/mol. The van der Waals surface area contributed by atoms with E-state index in [1.165, 1.54) is 15.6 Å². The molecule has 0 spiro atoms. The van der Waals surface area contributed by atoms with Crippen LogP contribution in [0.15, 0.2) is 22.7 Å². The van der Waals surface area contributed by atoms with E-state index in [2.05, 4.69) is 34.1 Å². The van der Waals surface area contributed by atoms with Gasteiger partial charge in [0.1, 0.15) is 12.0 Å². The van der Waals surface area contributed by atoms with Gasteiger partial charge in [0.15, 0.2) is 6.08 Å². The van der Waals surface area contributed by atoms with Crippen LogP contribution in [0.2, 0.25) is 0 Å². The maximum Gasteiger partial charge on any atom is 0.163 e. The van der Waals surface area contributed by atoms with E-state index in [0.29, 0.717) is 0 Å². The van der Waals surface area contributed by atoms with E-state index in [0.717, 1.165) is 6.42 Å². The van der Waals surface area contributed by atoms with Gasteiger partial charge in [0.25, 0.3) is 0 Å². The van der Waals surface area contributed by atoms with Gasteiger partial charge in [-0.15, -0.1) is 0 Å². The van der Waals surface area contributed by atoms with Gasteiger partial charge in [-0.25, -0.2) is 0 Å². The lowest BCUT2D eigenvalue weighted by atomic mass is 10.1. The number of fused-ring (bicyclic) bond motifs is 1. The number of allylic oxidation sites excluding steroid dienone is 1. The van der Waals surface area contributed by atoms with Gasteiger partial charge in [-0.2, -0.15) is 0 Å². The van der Waals surface area contributed by atoms with Gasteiger partial charge in [0.05, 0.1) is 11.6 Å². The highest BCUT2D eigenvalue weighted by molar-refractivity contribution is 9.10. The van der Waals surface area contributed by atoms with Crippen molar-refractivity contribution in [2.45, 2.75) is 6.42 Å². The molecule has 10 heavy (non-hydrogen) atoms. The molecule has 0 fully saturated rings. The van der Waals surface area contributed by atoms with Crippen molar-refractivity contribution in [3.05, 3.63) is 39.9 Å². The molecular formula is C9H6Br+. The molecule has 1 aliphatic rings. The average Bonchev–Trinajstić information content (AvgIpc) is 2.36. The monoisotopic (exact) mass is 193 g/mol. The first-order chi connectivity index (χ1) is 4.88. The van der Waals surface area contributed by atoms with Crippen molar-refractivity contribution < 1.29 is 0 Å². The van der Waals surface area contributed by atoms with Crippen LogP contribution >= 0.6 is 15.9 Å². The molecule has 0 bridgehead atoms. The quantitative estimate of drug-likeness (QED) is 0.557. The highest BCUT2D eigenvalue weighted by Gasteiger charge is 2.17. The summed E-state index contributed by atoms with van der Waals surface area (Å²) in [6, 6.07) is 6.23. The lowest BCUT2D eigenvalue weighted by Crippen LogP contribution is -1.81. The fraction of sp³-hybridized carbons (Fsp3) is 0.111.